The van der Waals surface area contributed by atoms with E-state index in [2.05, 4.69) is 0 Å². The number of fused-ring (bicyclic) bond motifs is 1. The van der Waals surface area contributed by atoms with E-state index in [1.807, 2.05) is 115 Å². The quantitative estimate of drug-likeness (QED) is 0.585. The minimum absolute atomic E-state index is 0.294. The molecule has 0 amide bonds. The molecule has 1 aliphatic heterocycles. The Morgan fingerprint density at radius 2 is 1.17 bits per heavy atom. The Bertz CT molecular complexity index is 1200. The van der Waals surface area contributed by atoms with E-state index in [9.17, 15) is 8.42 Å². The normalized spacial score (nSPS) is 21.2. The highest BCUT2D eigenvalue weighted by molar-refractivity contribution is 8.02. The van der Waals surface area contributed by atoms with E-state index in [1.54, 1.807) is 0 Å². The number of rotatable bonds is 3. The third-order valence-electron chi connectivity index (χ3n) is 5.86. The predicted octanol–water partition coefficient (Wildman–Crippen LogP) is 5.51. The van der Waals surface area contributed by atoms with Gasteiger partial charge in [-0.05, 0) is 22.3 Å². The van der Waals surface area contributed by atoms with Crippen molar-refractivity contribution in [3.8, 4) is 0 Å². The smallest absolute Gasteiger partial charge is 0.194 e. The van der Waals surface area contributed by atoms with E-state index in [1.165, 1.54) is 0 Å². The lowest BCUT2D eigenvalue weighted by Gasteiger charge is -2.36. The van der Waals surface area contributed by atoms with Crippen LogP contribution in [-0.4, -0.2) is 8.42 Å². The Hall–Kier alpha value is -3.17. The summed E-state index contributed by atoms with van der Waals surface area (Å²) < 4.78 is 27.7. The lowest BCUT2D eigenvalue weighted by atomic mass is 9.74. The van der Waals surface area contributed by atoms with Crippen LogP contribution in [-0.2, 0) is 14.6 Å². The maximum atomic E-state index is 14.5. The van der Waals surface area contributed by atoms with Gasteiger partial charge in [0.25, 0.3) is 0 Å². The topological polar surface area (TPSA) is 34.1 Å². The first-order valence-corrected chi connectivity index (χ1v) is 11.2. The first-order valence-electron chi connectivity index (χ1n) is 9.67. The van der Waals surface area contributed by atoms with E-state index in [0.29, 0.717) is 4.91 Å². The molecular formula is C26H20O2S. The fourth-order valence-corrected chi connectivity index (χ4v) is 7.42. The molecule has 1 unspecified atom stereocenters. The summed E-state index contributed by atoms with van der Waals surface area (Å²) in [5.41, 5.74) is 3.17. The standard InChI is InChI=1S/C26H20O2S/c27-29(28)25(20-12-4-1-5-13-20)23-18-10-11-19-24(23)26(29,21-14-6-2-7-15-21)22-16-8-3-9-17-22/h1-19,24H. The highest BCUT2D eigenvalue weighted by Gasteiger charge is 2.60. The van der Waals surface area contributed by atoms with Crippen molar-refractivity contribution in [3.63, 3.8) is 0 Å². The average Bonchev–Trinajstić information content (AvgIpc) is 2.99. The van der Waals surface area contributed by atoms with Crippen LogP contribution in [0.2, 0.25) is 0 Å². The summed E-state index contributed by atoms with van der Waals surface area (Å²) in [6.07, 6.45) is 7.87. The molecule has 0 saturated carbocycles. The van der Waals surface area contributed by atoms with Gasteiger partial charge in [0.2, 0.25) is 0 Å². The Labute approximate surface area is 171 Å². The van der Waals surface area contributed by atoms with Crippen molar-refractivity contribution < 1.29 is 8.42 Å². The lowest BCUT2D eigenvalue weighted by molar-refractivity contribution is 0.532. The first-order chi connectivity index (χ1) is 14.2. The zero-order valence-electron chi connectivity index (χ0n) is 15.8. The molecule has 3 aromatic carbocycles. The van der Waals surface area contributed by atoms with Crippen LogP contribution in [0.3, 0.4) is 0 Å². The van der Waals surface area contributed by atoms with Gasteiger partial charge in [-0.3, -0.25) is 0 Å². The molecule has 0 N–H and O–H groups in total. The van der Waals surface area contributed by atoms with Crippen molar-refractivity contribution in [2.24, 2.45) is 5.92 Å². The van der Waals surface area contributed by atoms with Gasteiger partial charge in [0, 0.05) is 5.92 Å². The van der Waals surface area contributed by atoms with Crippen molar-refractivity contribution in [2.45, 2.75) is 4.75 Å². The minimum Gasteiger partial charge on any atom is -0.222 e. The second-order valence-electron chi connectivity index (χ2n) is 7.34. The maximum Gasteiger partial charge on any atom is 0.194 e. The number of sulfone groups is 1. The molecule has 1 atom stereocenters. The van der Waals surface area contributed by atoms with Gasteiger partial charge in [0.05, 0.1) is 4.91 Å². The highest BCUT2D eigenvalue weighted by Crippen LogP contribution is 2.59. The Morgan fingerprint density at radius 1 is 0.655 bits per heavy atom. The molecule has 1 heterocycles. The maximum absolute atomic E-state index is 14.5. The number of hydrogen-bond acceptors (Lipinski definition) is 2. The Morgan fingerprint density at radius 3 is 1.72 bits per heavy atom. The summed E-state index contributed by atoms with van der Waals surface area (Å²) in [5.74, 6) is -0.294. The van der Waals surface area contributed by atoms with Crippen LogP contribution in [0.15, 0.2) is 121 Å². The van der Waals surface area contributed by atoms with Gasteiger partial charge in [-0.1, -0.05) is 115 Å². The summed E-state index contributed by atoms with van der Waals surface area (Å²) >= 11 is 0. The van der Waals surface area contributed by atoms with Crippen LogP contribution in [0.5, 0.6) is 0 Å². The largest absolute Gasteiger partial charge is 0.222 e. The van der Waals surface area contributed by atoms with Gasteiger partial charge >= 0.3 is 0 Å². The lowest BCUT2D eigenvalue weighted by Crippen LogP contribution is -2.40. The molecule has 0 radical (unpaired) electrons. The van der Waals surface area contributed by atoms with Crippen LogP contribution in [0, 0.1) is 5.92 Å². The zero-order valence-corrected chi connectivity index (χ0v) is 16.6. The molecule has 142 valence electrons. The number of benzene rings is 3. The molecule has 0 fully saturated rings. The summed E-state index contributed by atoms with van der Waals surface area (Å²) in [6.45, 7) is 0. The SMILES string of the molecule is O=S1(=O)C(c2ccccc2)=C2C=CC=CC2C1(c1ccccc1)c1ccccc1. The third-order valence-corrected chi connectivity index (χ3v) is 8.44. The van der Waals surface area contributed by atoms with Crippen molar-refractivity contribution in [1.29, 1.82) is 0 Å². The van der Waals surface area contributed by atoms with E-state index >= 15 is 0 Å². The fraction of sp³-hybridized carbons (Fsp3) is 0.0769. The molecule has 5 rings (SSSR count). The van der Waals surface area contributed by atoms with Gasteiger partial charge in [-0.25, -0.2) is 8.42 Å². The van der Waals surface area contributed by atoms with Gasteiger partial charge in [0.1, 0.15) is 4.75 Å². The molecular weight excluding hydrogens is 376 g/mol. The highest BCUT2D eigenvalue weighted by atomic mass is 32.2. The molecule has 0 spiro atoms. The van der Waals surface area contributed by atoms with Crippen LogP contribution in [0.25, 0.3) is 4.91 Å². The molecule has 29 heavy (non-hydrogen) atoms. The predicted molar refractivity (Wildman–Crippen MR) is 118 cm³/mol. The van der Waals surface area contributed by atoms with E-state index < -0.39 is 14.6 Å². The molecule has 0 saturated heterocycles. The summed E-state index contributed by atoms with van der Waals surface area (Å²) in [6, 6.07) is 28.7. The van der Waals surface area contributed by atoms with Crippen molar-refractivity contribution >= 4 is 14.7 Å². The van der Waals surface area contributed by atoms with Crippen LogP contribution in [0.4, 0.5) is 0 Å². The monoisotopic (exact) mass is 396 g/mol. The van der Waals surface area contributed by atoms with Crippen LogP contribution < -0.4 is 0 Å². The molecule has 3 aromatic rings. The minimum atomic E-state index is -3.75. The van der Waals surface area contributed by atoms with E-state index in [0.717, 1.165) is 22.3 Å². The second kappa shape index (κ2) is 6.71. The van der Waals surface area contributed by atoms with Gasteiger partial charge in [-0.15, -0.1) is 0 Å². The molecule has 2 aliphatic rings. The van der Waals surface area contributed by atoms with Crippen LogP contribution in [0.1, 0.15) is 16.7 Å². The Kier molecular flexibility index (Phi) is 4.14. The van der Waals surface area contributed by atoms with Crippen molar-refractivity contribution in [2.75, 3.05) is 0 Å². The fourth-order valence-electron chi connectivity index (χ4n) is 4.72. The molecule has 3 heteroatoms. The van der Waals surface area contributed by atoms with Crippen molar-refractivity contribution in [1.82, 2.24) is 0 Å². The van der Waals surface area contributed by atoms with Crippen LogP contribution >= 0.6 is 0 Å². The molecule has 1 aliphatic carbocycles. The summed E-state index contributed by atoms with van der Waals surface area (Å²) in [4.78, 5) is 0.427. The average molecular weight is 397 g/mol. The second-order valence-corrected chi connectivity index (χ2v) is 9.40. The number of hydrogen-bond donors (Lipinski definition) is 0. The van der Waals surface area contributed by atoms with Gasteiger partial charge in [0.15, 0.2) is 9.84 Å². The summed E-state index contributed by atoms with van der Waals surface area (Å²) in [7, 11) is -3.75. The van der Waals surface area contributed by atoms with Crippen molar-refractivity contribution in [3.05, 3.63) is 138 Å². The van der Waals surface area contributed by atoms with E-state index in [4.69, 9.17) is 0 Å². The summed E-state index contributed by atoms with van der Waals surface area (Å²) in [5, 5.41) is 0. The number of allylic oxidation sites excluding steroid dienone is 5. The molecule has 0 aromatic heterocycles. The van der Waals surface area contributed by atoms with Gasteiger partial charge < -0.3 is 0 Å². The van der Waals surface area contributed by atoms with Gasteiger partial charge in [-0.2, -0.15) is 0 Å². The zero-order chi connectivity index (χ0) is 19.9. The Balaban J connectivity index is 1.91. The molecule has 2 nitrogen and oxygen atoms in total. The molecule has 0 bridgehead atoms. The first kappa shape index (κ1) is 17.9. The third kappa shape index (κ3) is 2.44. The van der Waals surface area contributed by atoms with E-state index in [-0.39, 0.29) is 5.92 Å².